The molecular weight excluding hydrogens is 194 g/mol. The summed E-state index contributed by atoms with van der Waals surface area (Å²) in [6, 6.07) is -0.00755. The molecule has 4 heteroatoms. The molecule has 0 aromatic rings. The summed E-state index contributed by atoms with van der Waals surface area (Å²) in [6.07, 6.45) is 6.58. The van der Waals surface area contributed by atoms with Gasteiger partial charge in [0.15, 0.2) is 0 Å². The summed E-state index contributed by atoms with van der Waals surface area (Å²) in [6.45, 7) is 2.25. The highest BCUT2D eigenvalue weighted by atomic mass is 16.4. The van der Waals surface area contributed by atoms with Crippen LogP contribution in [-0.2, 0) is 9.59 Å². The number of nitrogens with zero attached hydrogens (tertiary/aromatic N) is 1. The van der Waals surface area contributed by atoms with E-state index < -0.39 is 11.9 Å². The largest absolute Gasteiger partial charge is 0.481 e. The maximum atomic E-state index is 11.6. The molecule has 0 aromatic heterocycles. The first kappa shape index (κ1) is 11.6. The van der Waals surface area contributed by atoms with Gasteiger partial charge in [-0.05, 0) is 6.42 Å². The lowest BCUT2D eigenvalue weighted by Crippen LogP contribution is -2.36. The fourth-order valence-electron chi connectivity index (χ4n) is 1.86. The molecule has 1 rings (SSSR count). The Morgan fingerprint density at radius 3 is 2.87 bits per heavy atom. The monoisotopic (exact) mass is 209 g/mol. The number of amides is 1. The third kappa shape index (κ3) is 2.50. The molecule has 1 aliphatic rings. The molecule has 2 unspecified atom stereocenters. The molecule has 1 saturated heterocycles. The molecule has 0 aromatic carbocycles. The van der Waals surface area contributed by atoms with Gasteiger partial charge in [0.25, 0.3) is 0 Å². The van der Waals surface area contributed by atoms with Crippen molar-refractivity contribution in [1.29, 1.82) is 0 Å². The van der Waals surface area contributed by atoms with E-state index in [-0.39, 0.29) is 18.4 Å². The molecule has 4 nitrogen and oxygen atoms in total. The van der Waals surface area contributed by atoms with Crippen molar-refractivity contribution in [3.8, 4) is 12.3 Å². The molecule has 0 aliphatic carbocycles. The van der Waals surface area contributed by atoms with Crippen molar-refractivity contribution in [2.24, 2.45) is 5.92 Å². The molecule has 0 radical (unpaired) electrons. The Kier molecular flexibility index (Phi) is 3.73. The maximum absolute atomic E-state index is 11.6. The minimum Gasteiger partial charge on any atom is -0.481 e. The number of carboxylic acid groups (broad SMARTS) is 1. The van der Waals surface area contributed by atoms with Crippen LogP contribution in [0.2, 0.25) is 0 Å². The quantitative estimate of drug-likeness (QED) is 0.694. The van der Waals surface area contributed by atoms with E-state index in [0.29, 0.717) is 13.0 Å². The van der Waals surface area contributed by atoms with Gasteiger partial charge in [0.05, 0.1) is 5.92 Å². The van der Waals surface area contributed by atoms with Crippen LogP contribution < -0.4 is 0 Å². The minimum absolute atomic E-state index is 0.00755. The number of hydrogen-bond donors (Lipinski definition) is 1. The second kappa shape index (κ2) is 4.83. The summed E-state index contributed by atoms with van der Waals surface area (Å²) >= 11 is 0. The van der Waals surface area contributed by atoms with Crippen LogP contribution in [0.1, 0.15) is 26.2 Å². The third-order valence-corrected chi connectivity index (χ3v) is 2.77. The Morgan fingerprint density at radius 1 is 1.80 bits per heavy atom. The van der Waals surface area contributed by atoms with Crippen molar-refractivity contribution in [2.75, 3.05) is 6.54 Å². The van der Waals surface area contributed by atoms with Crippen LogP contribution in [0.5, 0.6) is 0 Å². The van der Waals surface area contributed by atoms with Crippen molar-refractivity contribution < 1.29 is 14.7 Å². The zero-order valence-corrected chi connectivity index (χ0v) is 8.77. The van der Waals surface area contributed by atoms with Gasteiger partial charge in [0.1, 0.15) is 0 Å². The first-order valence-corrected chi connectivity index (χ1v) is 5.05. The van der Waals surface area contributed by atoms with Crippen molar-refractivity contribution in [3.05, 3.63) is 0 Å². The highest BCUT2D eigenvalue weighted by Crippen LogP contribution is 2.22. The maximum Gasteiger partial charge on any atom is 0.308 e. The second-order valence-electron chi connectivity index (χ2n) is 3.76. The predicted molar refractivity (Wildman–Crippen MR) is 55.0 cm³/mol. The lowest BCUT2D eigenvalue weighted by Gasteiger charge is -2.25. The van der Waals surface area contributed by atoms with Gasteiger partial charge in [-0.1, -0.05) is 6.92 Å². The number of likely N-dealkylation sites (tertiary alicyclic amines) is 1. The zero-order chi connectivity index (χ0) is 11.4. The number of hydrogen-bond acceptors (Lipinski definition) is 2. The van der Waals surface area contributed by atoms with E-state index in [2.05, 4.69) is 5.92 Å². The van der Waals surface area contributed by atoms with E-state index in [4.69, 9.17) is 11.5 Å². The smallest absolute Gasteiger partial charge is 0.308 e. The third-order valence-electron chi connectivity index (χ3n) is 2.77. The first-order valence-electron chi connectivity index (χ1n) is 5.05. The molecule has 15 heavy (non-hydrogen) atoms. The van der Waals surface area contributed by atoms with Crippen molar-refractivity contribution in [1.82, 2.24) is 4.90 Å². The Labute approximate surface area is 89.3 Å². The van der Waals surface area contributed by atoms with E-state index in [1.54, 1.807) is 4.90 Å². The molecule has 1 aliphatic heterocycles. The normalized spacial score (nSPS) is 22.5. The topological polar surface area (TPSA) is 57.6 Å². The summed E-state index contributed by atoms with van der Waals surface area (Å²) in [5.74, 6) is 0.959. The standard InChI is InChI=1S/C11H15NO3/c1-3-5-9(4-2)12-7-8(11(14)15)6-10(12)13/h1,8-9H,4-7H2,2H3,(H,14,15). The van der Waals surface area contributed by atoms with Crippen LogP contribution in [-0.4, -0.2) is 34.5 Å². The average Bonchev–Trinajstić information content (AvgIpc) is 2.57. The molecule has 82 valence electrons. The van der Waals surface area contributed by atoms with Gasteiger partial charge in [0, 0.05) is 25.4 Å². The second-order valence-corrected chi connectivity index (χ2v) is 3.76. The van der Waals surface area contributed by atoms with Crippen LogP contribution in [0.15, 0.2) is 0 Å². The molecule has 0 bridgehead atoms. The van der Waals surface area contributed by atoms with Gasteiger partial charge < -0.3 is 10.0 Å². The molecule has 1 amide bonds. The van der Waals surface area contributed by atoms with E-state index in [1.165, 1.54) is 0 Å². The Hall–Kier alpha value is -1.50. The molecule has 1 N–H and O–H groups in total. The molecule has 1 fully saturated rings. The zero-order valence-electron chi connectivity index (χ0n) is 8.77. The van der Waals surface area contributed by atoms with E-state index in [1.807, 2.05) is 6.92 Å². The van der Waals surface area contributed by atoms with Gasteiger partial charge >= 0.3 is 5.97 Å². The van der Waals surface area contributed by atoms with Crippen LogP contribution in [0.25, 0.3) is 0 Å². The van der Waals surface area contributed by atoms with Crippen molar-refractivity contribution in [3.63, 3.8) is 0 Å². The number of terminal acetylenes is 1. The first-order chi connectivity index (χ1) is 7.10. The van der Waals surface area contributed by atoms with E-state index >= 15 is 0 Å². The summed E-state index contributed by atoms with van der Waals surface area (Å²) < 4.78 is 0. The van der Waals surface area contributed by atoms with Crippen LogP contribution in [0.3, 0.4) is 0 Å². The molecular formula is C11H15NO3. The summed E-state index contributed by atoms with van der Waals surface area (Å²) in [5, 5.41) is 8.81. The van der Waals surface area contributed by atoms with Gasteiger partial charge in [-0.25, -0.2) is 0 Å². The number of carboxylic acids is 1. The average molecular weight is 209 g/mol. The van der Waals surface area contributed by atoms with Gasteiger partial charge in [-0.15, -0.1) is 12.3 Å². The number of aliphatic carboxylic acids is 1. The minimum atomic E-state index is -0.901. The Bertz CT molecular complexity index is 305. The van der Waals surface area contributed by atoms with Crippen molar-refractivity contribution in [2.45, 2.75) is 32.2 Å². The SMILES string of the molecule is C#CCC(CC)N1CC(C(=O)O)CC1=O. The molecule has 0 saturated carbocycles. The Morgan fingerprint density at radius 2 is 2.47 bits per heavy atom. The molecule has 2 atom stereocenters. The fraction of sp³-hybridized carbons (Fsp3) is 0.636. The van der Waals surface area contributed by atoms with E-state index in [9.17, 15) is 9.59 Å². The van der Waals surface area contributed by atoms with E-state index in [0.717, 1.165) is 6.42 Å². The summed E-state index contributed by atoms with van der Waals surface area (Å²) in [5.41, 5.74) is 0. The molecule has 0 spiro atoms. The predicted octanol–water partition coefficient (Wildman–Crippen LogP) is 0.721. The molecule has 1 heterocycles. The fourth-order valence-corrected chi connectivity index (χ4v) is 1.86. The highest BCUT2D eigenvalue weighted by Gasteiger charge is 2.36. The highest BCUT2D eigenvalue weighted by molar-refractivity contribution is 5.86. The number of carbonyl (C=O) groups excluding carboxylic acids is 1. The number of carbonyl (C=O) groups is 2. The van der Waals surface area contributed by atoms with Crippen molar-refractivity contribution >= 4 is 11.9 Å². The Balaban J connectivity index is 2.67. The van der Waals surface area contributed by atoms with Gasteiger partial charge in [-0.2, -0.15) is 0 Å². The van der Waals surface area contributed by atoms with Crippen LogP contribution >= 0.6 is 0 Å². The van der Waals surface area contributed by atoms with Crippen LogP contribution in [0, 0.1) is 18.3 Å². The summed E-state index contributed by atoms with van der Waals surface area (Å²) in [4.78, 5) is 23.9. The van der Waals surface area contributed by atoms with Crippen LogP contribution in [0.4, 0.5) is 0 Å². The summed E-state index contributed by atoms with van der Waals surface area (Å²) in [7, 11) is 0. The number of rotatable bonds is 4. The van der Waals surface area contributed by atoms with Gasteiger partial charge in [-0.3, -0.25) is 9.59 Å². The van der Waals surface area contributed by atoms with Gasteiger partial charge in [0.2, 0.25) is 5.91 Å². The lowest BCUT2D eigenvalue weighted by molar-refractivity contribution is -0.141. The lowest BCUT2D eigenvalue weighted by atomic mass is 10.1.